The van der Waals surface area contributed by atoms with Crippen LogP contribution in [0.15, 0.2) is 46.9 Å². The van der Waals surface area contributed by atoms with Crippen LogP contribution >= 0.6 is 27.5 Å². The quantitative estimate of drug-likeness (QED) is 0.618. The van der Waals surface area contributed by atoms with E-state index in [-0.39, 0.29) is 11.7 Å². The average Bonchev–Trinajstić information content (AvgIpc) is 2.43. The number of alkyl halides is 1. The Kier molecular flexibility index (Phi) is 5.62. The van der Waals surface area contributed by atoms with Crippen molar-refractivity contribution >= 4 is 27.5 Å². The third-order valence-electron chi connectivity index (χ3n) is 3.39. The maximum absolute atomic E-state index is 13.9. The molecular weight excluding hydrogens is 339 g/mol. The molecule has 1 unspecified atom stereocenters. The molecule has 2 aromatic carbocycles. The Labute approximate surface area is 133 Å². The van der Waals surface area contributed by atoms with Crippen LogP contribution in [0, 0.1) is 18.7 Å². The number of hydrogen-bond donors (Lipinski definition) is 0. The molecule has 0 saturated heterocycles. The van der Waals surface area contributed by atoms with E-state index in [0.29, 0.717) is 12.3 Å². The Balaban J connectivity index is 2.07. The van der Waals surface area contributed by atoms with E-state index >= 15 is 0 Å². The van der Waals surface area contributed by atoms with Crippen LogP contribution in [0.2, 0.25) is 0 Å². The van der Waals surface area contributed by atoms with E-state index in [1.54, 1.807) is 0 Å². The summed E-state index contributed by atoms with van der Waals surface area (Å²) in [6.45, 7) is 2.07. The molecule has 0 heterocycles. The number of hydrogen-bond acceptors (Lipinski definition) is 0. The Morgan fingerprint density at radius 2 is 1.80 bits per heavy atom. The fraction of sp³-hybridized carbons (Fsp3) is 0.294. The molecule has 0 radical (unpaired) electrons. The molecule has 0 amide bonds. The van der Waals surface area contributed by atoms with Gasteiger partial charge in [0.2, 0.25) is 0 Å². The topological polar surface area (TPSA) is 0 Å². The van der Waals surface area contributed by atoms with Crippen molar-refractivity contribution in [1.29, 1.82) is 0 Å². The highest BCUT2D eigenvalue weighted by molar-refractivity contribution is 9.10. The number of halogens is 3. The van der Waals surface area contributed by atoms with Crippen LogP contribution in [0.25, 0.3) is 0 Å². The molecule has 0 N–H and O–H groups in total. The van der Waals surface area contributed by atoms with Crippen molar-refractivity contribution in [3.8, 4) is 0 Å². The summed E-state index contributed by atoms with van der Waals surface area (Å²) < 4.78 is 14.6. The Hall–Kier alpha value is -0.860. The van der Waals surface area contributed by atoms with Crippen LogP contribution in [-0.4, -0.2) is 5.88 Å². The summed E-state index contributed by atoms with van der Waals surface area (Å²) in [5, 5.41) is 0. The standard InChI is InChI=1S/C17H17BrClF/c1-12-2-4-13(5-3-12)8-14(11-19)9-15-6-7-16(18)10-17(15)20/h2-7,10,14H,8-9,11H2,1H3. The van der Waals surface area contributed by atoms with Crippen LogP contribution in [0.4, 0.5) is 4.39 Å². The van der Waals surface area contributed by atoms with E-state index in [0.717, 1.165) is 16.5 Å². The predicted molar refractivity (Wildman–Crippen MR) is 86.9 cm³/mol. The van der Waals surface area contributed by atoms with Gasteiger partial charge in [0.05, 0.1) is 0 Å². The van der Waals surface area contributed by atoms with Gasteiger partial charge in [-0.15, -0.1) is 11.6 Å². The van der Waals surface area contributed by atoms with E-state index in [4.69, 9.17) is 11.6 Å². The van der Waals surface area contributed by atoms with E-state index in [1.807, 2.05) is 12.1 Å². The summed E-state index contributed by atoms with van der Waals surface area (Å²) in [5.74, 6) is 0.608. The monoisotopic (exact) mass is 354 g/mol. The summed E-state index contributed by atoms with van der Waals surface area (Å²) in [7, 11) is 0. The molecule has 3 heteroatoms. The second kappa shape index (κ2) is 7.24. The van der Waals surface area contributed by atoms with Gasteiger partial charge in [0.1, 0.15) is 5.82 Å². The third-order valence-corrected chi connectivity index (χ3v) is 4.32. The lowest BCUT2D eigenvalue weighted by Crippen LogP contribution is -2.11. The van der Waals surface area contributed by atoms with Gasteiger partial charge in [-0.05, 0) is 48.9 Å². The fourth-order valence-corrected chi connectivity index (χ4v) is 2.79. The Morgan fingerprint density at radius 1 is 1.10 bits per heavy atom. The molecule has 0 spiro atoms. The van der Waals surface area contributed by atoms with Crippen LogP contribution < -0.4 is 0 Å². The lowest BCUT2D eigenvalue weighted by molar-refractivity contribution is 0.546. The molecular formula is C17H17BrClF. The molecule has 0 aromatic heterocycles. The summed E-state index contributed by atoms with van der Waals surface area (Å²) in [4.78, 5) is 0. The van der Waals surface area contributed by atoms with Crippen molar-refractivity contribution in [2.75, 3.05) is 5.88 Å². The lowest BCUT2D eigenvalue weighted by atomic mass is 9.93. The second-order valence-corrected chi connectivity index (χ2v) is 6.37. The molecule has 0 aliphatic rings. The molecule has 106 valence electrons. The maximum atomic E-state index is 13.9. The van der Waals surface area contributed by atoms with Crippen molar-refractivity contribution in [3.63, 3.8) is 0 Å². The van der Waals surface area contributed by atoms with E-state index in [9.17, 15) is 4.39 Å². The molecule has 20 heavy (non-hydrogen) atoms. The van der Waals surface area contributed by atoms with Crippen LogP contribution in [0.3, 0.4) is 0 Å². The largest absolute Gasteiger partial charge is 0.207 e. The van der Waals surface area contributed by atoms with Crippen molar-refractivity contribution in [3.05, 3.63) is 69.4 Å². The zero-order valence-electron chi connectivity index (χ0n) is 11.4. The van der Waals surface area contributed by atoms with Gasteiger partial charge in [0.25, 0.3) is 0 Å². The van der Waals surface area contributed by atoms with E-state index in [2.05, 4.69) is 47.1 Å². The number of benzene rings is 2. The summed E-state index contributed by atoms with van der Waals surface area (Å²) >= 11 is 9.32. The van der Waals surface area contributed by atoms with Gasteiger partial charge in [-0.1, -0.05) is 51.8 Å². The van der Waals surface area contributed by atoms with Gasteiger partial charge in [-0.2, -0.15) is 0 Å². The van der Waals surface area contributed by atoms with Crippen molar-refractivity contribution < 1.29 is 4.39 Å². The number of aryl methyl sites for hydroxylation is 1. The lowest BCUT2D eigenvalue weighted by Gasteiger charge is -2.15. The first-order valence-corrected chi connectivity index (χ1v) is 7.96. The smallest absolute Gasteiger partial charge is 0.127 e. The SMILES string of the molecule is Cc1ccc(CC(CCl)Cc2ccc(Br)cc2F)cc1. The molecule has 2 rings (SSSR count). The van der Waals surface area contributed by atoms with Crippen LogP contribution in [0.1, 0.15) is 16.7 Å². The minimum atomic E-state index is -0.168. The minimum absolute atomic E-state index is 0.168. The third kappa shape index (κ3) is 4.32. The van der Waals surface area contributed by atoms with Crippen molar-refractivity contribution in [1.82, 2.24) is 0 Å². The molecule has 2 aromatic rings. The summed E-state index contributed by atoms with van der Waals surface area (Å²) in [6.07, 6.45) is 1.54. The molecule has 0 bridgehead atoms. The first-order chi connectivity index (χ1) is 9.58. The first kappa shape index (κ1) is 15.5. The molecule has 1 atom stereocenters. The van der Waals surface area contributed by atoms with E-state index in [1.165, 1.54) is 17.2 Å². The maximum Gasteiger partial charge on any atom is 0.127 e. The first-order valence-electron chi connectivity index (χ1n) is 6.64. The van der Waals surface area contributed by atoms with Gasteiger partial charge in [-0.3, -0.25) is 0 Å². The highest BCUT2D eigenvalue weighted by Gasteiger charge is 2.13. The van der Waals surface area contributed by atoms with Crippen LogP contribution in [-0.2, 0) is 12.8 Å². The molecule has 0 aliphatic heterocycles. The normalized spacial score (nSPS) is 12.4. The van der Waals surface area contributed by atoms with Gasteiger partial charge >= 0.3 is 0 Å². The Morgan fingerprint density at radius 3 is 2.40 bits per heavy atom. The zero-order chi connectivity index (χ0) is 14.5. The van der Waals surface area contributed by atoms with E-state index < -0.39 is 0 Å². The van der Waals surface area contributed by atoms with Crippen molar-refractivity contribution in [2.45, 2.75) is 19.8 Å². The zero-order valence-corrected chi connectivity index (χ0v) is 13.7. The van der Waals surface area contributed by atoms with Gasteiger partial charge in [0, 0.05) is 10.4 Å². The van der Waals surface area contributed by atoms with Crippen molar-refractivity contribution in [2.24, 2.45) is 5.92 Å². The second-order valence-electron chi connectivity index (χ2n) is 5.15. The van der Waals surface area contributed by atoms with Gasteiger partial charge < -0.3 is 0 Å². The molecule has 0 nitrogen and oxygen atoms in total. The summed E-state index contributed by atoms with van der Waals surface area (Å²) in [6, 6.07) is 13.6. The average molecular weight is 356 g/mol. The predicted octanol–water partition coefficient (Wildman–Crippen LogP) is 5.54. The molecule has 0 fully saturated rings. The fourth-order valence-electron chi connectivity index (χ4n) is 2.24. The molecule has 0 aliphatic carbocycles. The molecule has 0 saturated carbocycles. The van der Waals surface area contributed by atoms with Crippen LogP contribution in [0.5, 0.6) is 0 Å². The highest BCUT2D eigenvalue weighted by atomic mass is 79.9. The van der Waals surface area contributed by atoms with Gasteiger partial charge in [0.15, 0.2) is 0 Å². The van der Waals surface area contributed by atoms with Gasteiger partial charge in [-0.25, -0.2) is 4.39 Å². The number of rotatable bonds is 5. The highest BCUT2D eigenvalue weighted by Crippen LogP contribution is 2.21. The Bertz CT molecular complexity index is 566. The summed E-state index contributed by atoms with van der Waals surface area (Å²) in [5.41, 5.74) is 3.22. The minimum Gasteiger partial charge on any atom is -0.207 e.